The van der Waals surface area contributed by atoms with Gasteiger partial charge in [0.15, 0.2) is 0 Å². The lowest BCUT2D eigenvalue weighted by Crippen LogP contribution is -1.90. The minimum Gasteiger partial charge on any atom is -0.158 e. The van der Waals surface area contributed by atoms with Gasteiger partial charge in [0.05, 0.1) is 6.20 Å². The van der Waals surface area contributed by atoms with Gasteiger partial charge in [-0.3, -0.25) is 0 Å². The molecule has 2 aromatic carbocycles. The highest BCUT2D eigenvalue weighted by atomic mass is 15.1. The van der Waals surface area contributed by atoms with Crippen molar-refractivity contribution < 1.29 is 0 Å². The van der Waals surface area contributed by atoms with Gasteiger partial charge >= 0.3 is 0 Å². The first kappa shape index (κ1) is 10.9. The fourth-order valence-corrected chi connectivity index (χ4v) is 2.21. The van der Waals surface area contributed by atoms with Gasteiger partial charge in [-0.2, -0.15) is 5.10 Å². The van der Waals surface area contributed by atoms with E-state index in [-0.39, 0.29) is 0 Å². The standard InChI is InChI=1S/C16H14N2/c1-11-4-3-5-13(8-11)16-15-7-6-12(2)9-14(15)10-17-18-16/h3-10H,1-2H3. The molecular formula is C16H14N2. The summed E-state index contributed by atoms with van der Waals surface area (Å²) in [7, 11) is 0. The maximum Gasteiger partial charge on any atom is 0.101 e. The van der Waals surface area contributed by atoms with E-state index in [1.165, 1.54) is 11.1 Å². The highest BCUT2D eigenvalue weighted by Crippen LogP contribution is 2.26. The van der Waals surface area contributed by atoms with Crippen LogP contribution in [0.4, 0.5) is 0 Å². The van der Waals surface area contributed by atoms with Crippen LogP contribution in [0.1, 0.15) is 11.1 Å². The third-order valence-electron chi connectivity index (χ3n) is 3.11. The minimum atomic E-state index is 0.955. The summed E-state index contributed by atoms with van der Waals surface area (Å²) in [6, 6.07) is 14.7. The summed E-state index contributed by atoms with van der Waals surface area (Å²) >= 11 is 0. The summed E-state index contributed by atoms with van der Waals surface area (Å²) < 4.78 is 0. The zero-order valence-electron chi connectivity index (χ0n) is 10.5. The lowest BCUT2D eigenvalue weighted by atomic mass is 10.0. The normalized spacial score (nSPS) is 10.8. The first-order valence-corrected chi connectivity index (χ1v) is 6.03. The SMILES string of the molecule is Cc1cccc(-c2nncc3cc(C)ccc23)c1. The van der Waals surface area contributed by atoms with Crippen LogP contribution in [-0.2, 0) is 0 Å². The quantitative estimate of drug-likeness (QED) is 0.638. The van der Waals surface area contributed by atoms with Crippen LogP contribution < -0.4 is 0 Å². The summed E-state index contributed by atoms with van der Waals surface area (Å²) in [6.07, 6.45) is 1.82. The largest absolute Gasteiger partial charge is 0.158 e. The zero-order valence-corrected chi connectivity index (χ0v) is 10.5. The Labute approximate surface area is 106 Å². The number of aryl methyl sites for hydroxylation is 2. The summed E-state index contributed by atoms with van der Waals surface area (Å²) in [5.41, 5.74) is 4.55. The van der Waals surface area contributed by atoms with Crippen LogP contribution in [0.15, 0.2) is 48.7 Å². The molecule has 18 heavy (non-hydrogen) atoms. The van der Waals surface area contributed by atoms with Crippen molar-refractivity contribution in [2.45, 2.75) is 13.8 Å². The van der Waals surface area contributed by atoms with Crippen LogP contribution in [0.2, 0.25) is 0 Å². The number of benzene rings is 2. The second-order valence-electron chi connectivity index (χ2n) is 4.65. The van der Waals surface area contributed by atoms with Gasteiger partial charge in [0, 0.05) is 16.3 Å². The molecule has 0 saturated carbocycles. The van der Waals surface area contributed by atoms with E-state index in [4.69, 9.17) is 0 Å². The number of hydrogen-bond donors (Lipinski definition) is 0. The molecule has 0 aliphatic carbocycles. The molecule has 0 N–H and O–H groups in total. The molecule has 1 aromatic heterocycles. The van der Waals surface area contributed by atoms with Crippen LogP contribution >= 0.6 is 0 Å². The maximum absolute atomic E-state index is 4.30. The number of nitrogens with zero attached hydrogens (tertiary/aromatic N) is 2. The molecule has 3 aromatic rings. The van der Waals surface area contributed by atoms with E-state index >= 15 is 0 Å². The smallest absolute Gasteiger partial charge is 0.101 e. The number of hydrogen-bond acceptors (Lipinski definition) is 2. The summed E-state index contributed by atoms with van der Waals surface area (Å²) in [5, 5.41) is 10.7. The van der Waals surface area contributed by atoms with Crippen LogP contribution in [-0.4, -0.2) is 10.2 Å². The molecule has 0 aliphatic heterocycles. The first-order valence-electron chi connectivity index (χ1n) is 6.03. The van der Waals surface area contributed by atoms with E-state index in [1.54, 1.807) is 0 Å². The van der Waals surface area contributed by atoms with E-state index in [9.17, 15) is 0 Å². The lowest BCUT2D eigenvalue weighted by molar-refractivity contribution is 1.06. The molecule has 2 heteroatoms. The topological polar surface area (TPSA) is 25.8 Å². The Kier molecular flexibility index (Phi) is 2.56. The Balaban J connectivity index is 2.29. The average molecular weight is 234 g/mol. The maximum atomic E-state index is 4.30. The van der Waals surface area contributed by atoms with Crippen molar-refractivity contribution in [3.8, 4) is 11.3 Å². The van der Waals surface area contributed by atoms with E-state index in [1.807, 2.05) is 6.20 Å². The molecule has 0 radical (unpaired) electrons. The highest BCUT2D eigenvalue weighted by molar-refractivity contribution is 5.94. The number of fused-ring (bicyclic) bond motifs is 1. The molecule has 2 nitrogen and oxygen atoms in total. The predicted molar refractivity (Wildman–Crippen MR) is 74.4 cm³/mol. The Morgan fingerprint density at radius 1 is 0.889 bits per heavy atom. The average Bonchev–Trinajstić information content (AvgIpc) is 2.37. The van der Waals surface area contributed by atoms with Gasteiger partial charge < -0.3 is 0 Å². The van der Waals surface area contributed by atoms with Gasteiger partial charge in [-0.15, -0.1) is 5.10 Å². The molecule has 3 rings (SSSR count). The Morgan fingerprint density at radius 2 is 1.72 bits per heavy atom. The van der Waals surface area contributed by atoms with Crippen LogP contribution in [0.25, 0.3) is 22.0 Å². The van der Waals surface area contributed by atoms with Crippen molar-refractivity contribution in [2.24, 2.45) is 0 Å². The van der Waals surface area contributed by atoms with Crippen molar-refractivity contribution in [2.75, 3.05) is 0 Å². The minimum absolute atomic E-state index is 0.955. The zero-order chi connectivity index (χ0) is 12.5. The summed E-state index contributed by atoms with van der Waals surface area (Å²) in [6.45, 7) is 4.18. The fourth-order valence-electron chi connectivity index (χ4n) is 2.21. The van der Waals surface area contributed by atoms with E-state index in [0.717, 1.165) is 22.0 Å². The van der Waals surface area contributed by atoms with Crippen molar-refractivity contribution >= 4 is 10.8 Å². The molecular weight excluding hydrogens is 220 g/mol. The van der Waals surface area contributed by atoms with E-state index < -0.39 is 0 Å². The first-order chi connectivity index (χ1) is 8.74. The fraction of sp³-hybridized carbons (Fsp3) is 0.125. The van der Waals surface area contributed by atoms with Gasteiger partial charge in [-0.25, -0.2) is 0 Å². The van der Waals surface area contributed by atoms with Gasteiger partial charge in [-0.05, 0) is 26.0 Å². The monoisotopic (exact) mass is 234 g/mol. The molecule has 0 atom stereocenters. The Morgan fingerprint density at radius 3 is 2.56 bits per heavy atom. The van der Waals surface area contributed by atoms with Crippen LogP contribution in [0, 0.1) is 13.8 Å². The van der Waals surface area contributed by atoms with Gasteiger partial charge in [0.1, 0.15) is 5.69 Å². The van der Waals surface area contributed by atoms with E-state index in [2.05, 4.69) is 66.5 Å². The molecule has 0 spiro atoms. The van der Waals surface area contributed by atoms with Gasteiger partial charge in [-0.1, -0.05) is 41.5 Å². The number of aromatic nitrogens is 2. The molecule has 0 unspecified atom stereocenters. The molecule has 0 bridgehead atoms. The van der Waals surface area contributed by atoms with Crippen LogP contribution in [0.3, 0.4) is 0 Å². The molecule has 0 aliphatic rings. The molecule has 0 saturated heterocycles. The van der Waals surface area contributed by atoms with Gasteiger partial charge in [0.25, 0.3) is 0 Å². The van der Waals surface area contributed by atoms with E-state index in [0.29, 0.717) is 0 Å². The molecule has 88 valence electrons. The van der Waals surface area contributed by atoms with Crippen molar-refractivity contribution in [3.63, 3.8) is 0 Å². The molecule has 1 heterocycles. The van der Waals surface area contributed by atoms with Crippen LogP contribution in [0.5, 0.6) is 0 Å². The lowest BCUT2D eigenvalue weighted by Gasteiger charge is -2.06. The third kappa shape index (κ3) is 1.86. The highest BCUT2D eigenvalue weighted by Gasteiger charge is 2.06. The van der Waals surface area contributed by atoms with Crippen molar-refractivity contribution in [1.29, 1.82) is 0 Å². The summed E-state index contributed by atoms with van der Waals surface area (Å²) in [5.74, 6) is 0. The van der Waals surface area contributed by atoms with Crippen molar-refractivity contribution in [1.82, 2.24) is 10.2 Å². The Bertz CT molecular complexity index is 717. The Hall–Kier alpha value is -2.22. The summed E-state index contributed by atoms with van der Waals surface area (Å²) in [4.78, 5) is 0. The molecule has 0 amide bonds. The van der Waals surface area contributed by atoms with Gasteiger partial charge in [0.2, 0.25) is 0 Å². The second-order valence-corrected chi connectivity index (χ2v) is 4.65. The number of rotatable bonds is 1. The molecule has 0 fully saturated rings. The van der Waals surface area contributed by atoms with Crippen molar-refractivity contribution in [3.05, 3.63) is 59.8 Å². The third-order valence-corrected chi connectivity index (χ3v) is 3.11. The predicted octanol–water partition coefficient (Wildman–Crippen LogP) is 3.91. The second kappa shape index (κ2) is 4.22.